The van der Waals surface area contributed by atoms with Gasteiger partial charge in [-0.3, -0.25) is 4.79 Å². The van der Waals surface area contributed by atoms with Gasteiger partial charge in [0.15, 0.2) is 5.69 Å². The summed E-state index contributed by atoms with van der Waals surface area (Å²) < 4.78 is 17.3. The monoisotopic (exact) mass is 396 g/mol. The highest BCUT2D eigenvalue weighted by molar-refractivity contribution is 6.32. The lowest BCUT2D eigenvalue weighted by atomic mass is 10.2. The highest BCUT2D eigenvalue weighted by Crippen LogP contribution is 2.19. The van der Waals surface area contributed by atoms with Crippen LogP contribution >= 0.6 is 11.6 Å². The van der Waals surface area contributed by atoms with Crippen molar-refractivity contribution >= 4 is 17.5 Å². The third kappa shape index (κ3) is 3.63. The van der Waals surface area contributed by atoms with Crippen LogP contribution in [0.25, 0.3) is 11.4 Å². The molecule has 4 aromatic rings. The molecule has 2 aromatic heterocycles. The average molecular weight is 397 g/mol. The van der Waals surface area contributed by atoms with Gasteiger partial charge in [-0.2, -0.15) is 0 Å². The van der Waals surface area contributed by atoms with Gasteiger partial charge in [0.1, 0.15) is 5.82 Å². The van der Waals surface area contributed by atoms with Crippen LogP contribution in [0.15, 0.2) is 67.4 Å². The summed E-state index contributed by atoms with van der Waals surface area (Å²) in [5, 5.41) is 11.0. The quantitative estimate of drug-likeness (QED) is 0.562. The van der Waals surface area contributed by atoms with Gasteiger partial charge >= 0.3 is 0 Å². The smallest absolute Gasteiger partial charge is 0.273 e. The maximum absolute atomic E-state index is 14.3. The third-order valence-electron chi connectivity index (χ3n) is 4.07. The van der Waals surface area contributed by atoms with Gasteiger partial charge in [-0.05, 0) is 29.8 Å². The topological polar surface area (TPSA) is 77.6 Å². The number of halogens is 2. The molecule has 2 heterocycles. The van der Waals surface area contributed by atoms with Gasteiger partial charge in [0.25, 0.3) is 5.91 Å². The number of nitrogens with zero attached hydrogens (tertiary/aromatic N) is 5. The SMILES string of the molecule is O=C(NCc1ccc(-n2ccnc2)c(F)c1)c1cn(-c2ccccc2Cl)nn1. The molecule has 0 atom stereocenters. The van der Waals surface area contributed by atoms with E-state index in [9.17, 15) is 9.18 Å². The second-order valence-corrected chi connectivity index (χ2v) is 6.35. The molecule has 1 N–H and O–H groups in total. The molecule has 0 aliphatic heterocycles. The molecular formula is C19H14ClFN6O. The van der Waals surface area contributed by atoms with Crippen molar-refractivity contribution in [3.05, 3.63) is 89.5 Å². The number of rotatable bonds is 5. The number of carbonyl (C=O) groups is 1. The Kier molecular flexibility index (Phi) is 4.86. The first-order valence-electron chi connectivity index (χ1n) is 8.34. The van der Waals surface area contributed by atoms with Crippen LogP contribution in [0.4, 0.5) is 4.39 Å². The molecule has 0 aliphatic rings. The van der Waals surface area contributed by atoms with E-state index in [2.05, 4.69) is 20.6 Å². The third-order valence-corrected chi connectivity index (χ3v) is 4.39. The highest BCUT2D eigenvalue weighted by Gasteiger charge is 2.13. The summed E-state index contributed by atoms with van der Waals surface area (Å²) in [5.41, 5.74) is 1.76. The number of aromatic nitrogens is 5. The Labute approximate surface area is 164 Å². The van der Waals surface area contributed by atoms with Crippen molar-refractivity contribution in [3.8, 4) is 11.4 Å². The highest BCUT2D eigenvalue weighted by atomic mass is 35.5. The second-order valence-electron chi connectivity index (χ2n) is 5.94. The van der Waals surface area contributed by atoms with Crippen molar-refractivity contribution in [2.45, 2.75) is 6.54 Å². The van der Waals surface area contributed by atoms with E-state index in [0.29, 0.717) is 22.0 Å². The van der Waals surface area contributed by atoms with E-state index < -0.39 is 11.7 Å². The molecule has 0 spiro atoms. The van der Waals surface area contributed by atoms with E-state index in [-0.39, 0.29) is 12.2 Å². The van der Waals surface area contributed by atoms with Crippen LogP contribution < -0.4 is 5.32 Å². The Hall–Kier alpha value is -3.52. The van der Waals surface area contributed by atoms with Crippen LogP contribution in [0.3, 0.4) is 0 Å². The molecule has 28 heavy (non-hydrogen) atoms. The molecule has 0 aliphatic carbocycles. The first-order valence-corrected chi connectivity index (χ1v) is 8.72. The first kappa shape index (κ1) is 17.9. The average Bonchev–Trinajstić information content (AvgIpc) is 3.39. The van der Waals surface area contributed by atoms with Crippen LogP contribution in [-0.2, 0) is 6.54 Å². The molecule has 9 heteroatoms. The molecule has 0 bridgehead atoms. The van der Waals surface area contributed by atoms with Crippen molar-refractivity contribution in [1.29, 1.82) is 0 Å². The maximum Gasteiger partial charge on any atom is 0.273 e. The maximum atomic E-state index is 14.3. The van der Waals surface area contributed by atoms with E-state index in [0.717, 1.165) is 0 Å². The summed E-state index contributed by atoms with van der Waals surface area (Å²) in [4.78, 5) is 16.2. The lowest BCUT2D eigenvalue weighted by Crippen LogP contribution is -2.23. The summed E-state index contributed by atoms with van der Waals surface area (Å²) in [6.07, 6.45) is 6.23. The van der Waals surface area contributed by atoms with E-state index in [1.807, 2.05) is 6.07 Å². The second kappa shape index (κ2) is 7.61. The number of benzene rings is 2. The van der Waals surface area contributed by atoms with E-state index in [4.69, 9.17) is 11.6 Å². The van der Waals surface area contributed by atoms with Crippen LogP contribution in [0.5, 0.6) is 0 Å². The van der Waals surface area contributed by atoms with Crippen LogP contribution in [0.2, 0.25) is 5.02 Å². The van der Waals surface area contributed by atoms with Crippen molar-refractivity contribution < 1.29 is 9.18 Å². The molecule has 0 fully saturated rings. The van der Waals surface area contributed by atoms with Crippen molar-refractivity contribution in [2.24, 2.45) is 0 Å². The molecule has 2 aromatic carbocycles. The summed E-state index contributed by atoms with van der Waals surface area (Å²) in [6, 6.07) is 11.8. The molecule has 0 saturated carbocycles. The Morgan fingerprint density at radius 3 is 2.79 bits per heavy atom. The van der Waals surface area contributed by atoms with Crippen molar-refractivity contribution in [3.63, 3.8) is 0 Å². The van der Waals surface area contributed by atoms with E-state index in [1.165, 1.54) is 23.3 Å². The van der Waals surface area contributed by atoms with Gasteiger partial charge in [0.05, 0.1) is 28.9 Å². The minimum absolute atomic E-state index is 0.135. The number of imidazole rings is 1. The molecule has 0 radical (unpaired) electrons. The van der Waals surface area contributed by atoms with E-state index >= 15 is 0 Å². The van der Waals surface area contributed by atoms with Crippen molar-refractivity contribution in [2.75, 3.05) is 0 Å². The lowest BCUT2D eigenvalue weighted by Gasteiger charge is -2.07. The van der Waals surface area contributed by atoms with Gasteiger partial charge in [-0.15, -0.1) is 5.10 Å². The fourth-order valence-corrected chi connectivity index (χ4v) is 2.89. The van der Waals surface area contributed by atoms with Crippen LogP contribution in [0.1, 0.15) is 16.1 Å². The van der Waals surface area contributed by atoms with Crippen molar-refractivity contribution in [1.82, 2.24) is 29.9 Å². The fourth-order valence-electron chi connectivity index (χ4n) is 2.67. The zero-order valence-electron chi connectivity index (χ0n) is 14.5. The van der Waals surface area contributed by atoms with Gasteiger partial charge in [0, 0.05) is 18.9 Å². The Morgan fingerprint density at radius 2 is 2.04 bits per heavy atom. The Bertz CT molecular complexity index is 1130. The fraction of sp³-hybridized carbons (Fsp3) is 0.0526. The predicted molar refractivity (Wildman–Crippen MR) is 101 cm³/mol. The normalized spacial score (nSPS) is 10.8. The molecule has 0 unspecified atom stereocenters. The summed E-state index contributed by atoms with van der Waals surface area (Å²) in [7, 11) is 0. The predicted octanol–water partition coefficient (Wildman–Crippen LogP) is 3.18. The molecule has 4 rings (SSSR count). The largest absolute Gasteiger partial charge is 0.347 e. The molecule has 1 amide bonds. The number of hydrogen-bond donors (Lipinski definition) is 1. The summed E-state index contributed by atoms with van der Waals surface area (Å²) in [6.45, 7) is 0.152. The Morgan fingerprint density at radius 1 is 1.18 bits per heavy atom. The minimum Gasteiger partial charge on any atom is -0.347 e. The molecule has 7 nitrogen and oxygen atoms in total. The molecule has 0 saturated heterocycles. The van der Waals surface area contributed by atoms with Gasteiger partial charge in [-0.1, -0.05) is 35.0 Å². The van der Waals surface area contributed by atoms with Crippen LogP contribution in [0, 0.1) is 5.82 Å². The van der Waals surface area contributed by atoms with Gasteiger partial charge in [-0.25, -0.2) is 14.1 Å². The molecule has 140 valence electrons. The first-order chi connectivity index (χ1) is 13.6. The summed E-state index contributed by atoms with van der Waals surface area (Å²) in [5.74, 6) is -0.827. The number of hydrogen-bond acceptors (Lipinski definition) is 4. The zero-order chi connectivity index (χ0) is 19.5. The number of amides is 1. The van der Waals surface area contributed by atoms with Crippen LogP contribution in [-0.4, -0.2) is 30.5 Å². The number of nitrogens with one attached hydrogen (secondary N) is 1. The standard InChI is InChI=1S/C19H14ClFN6O/c20-14-3-1-2-4-17(14)27-11-16(24-25-27)19(28)23-10-13-5-6-18(15(21)9-13)26-8-7-22-12-26/h1-9,11-12H,10H2,(H,23,28). The zero-order valence-corrected chi connectivity index (χ0v) is 15.2. The number of carbonyl (C=O) groups excluding carboxylic acids is 1. The van der Waals surface area contributed by atoms with E-state index in [1.54, 1.807) is 47.3 Å². The lowest BCUT2D eigenvalue weighted by molar-refractivity contribution is 0.0946. The van der Waals surface area contributed by atoms with Gasteiger partial charge in [0.2, 0.25) is 0 Å². The number of para-hydroxylation sites is 1. The minimum atomic E-state index is -0.419. The molecular weight excluding hydrogens is 383 g/mol. The summed E-state index contributed by atoms with van der Waals surface area (Å²) >= 11 is 6.12. The Balaban J connectivity index is 1.44. The van der Waals surface area contributed by atoms with Gasteiger partial charge < -0.3 is 9.88 Å².